The van der Waals surface area contributed by atoms with Gasteiger partial charge in [0.15, 0.2) is 11.5 Å². The number of carbonyl (C=O) groups excluding carboxylic acids is 2. The smallest absolute Gasteiger partial charge is 0.276 e. The summed E-state index contributed by atoms with van der Waals surface area (Å²) in [6.45, 7) is 1.05. The van der Waals surface area contributed by atoms with Gasteiger partial charge >= 0.3 is 0 Å². The van der Waals surface area contributed by atoms with E-state index in [-0.39, 0.29) is 29.2 Å². The largest absolute Gasteiger partial charge is 0.355 e. The highest BCUT2D eigenvalue weighted by Gasteiger charge is 2.31. The summed E-state index contributed by atoms with van der Waals surface area (Å²) in [5.74, 6) is -0.328. The number of H-pyrrole nitrogens is 1. The van der Waals surface area contributed by atoms with Crippen LogP contribution in [-0.2, 0) is 0 Å². The van der Waals surface area contributed by atoms with Crippen LogP contribution in [0, 0.1) is 5.82 Å². The van der Waals surface area contributed by atoms with Crippen LogP contribution >= 0.6 is 0 Å². The van der Waals surface area contributed by atoms with E-state index in [4.69, 9.17) is 4.52 Å². The fraction of sp³-hybridized carbons (Fsp3) is 0.333. The minimum absolute atomic E-state index is 0.0208. The number of hydrogen-bond acceptors (Lipinski definition) is 5. The molecule has 1 fully saturated rings. The molecule has 0 aliphatic carbocycles. The molecular weight excluding hydrogens is 389 g/mol. The average molecular weight is 411 g/mol. The lowest BCUT2D eigenvalue weighted by Crippen LogP contribution is -2.39. The molecule has 0 spiro atoms. The summed E-state index contributed by atoms with van der Waals surface area (Å²) in [6, 6.07) is 7.36. The molecule has 2 aromatic heterocycles. The van der Waals surface area contributed by atoms with Crippen LogP contribution in [0.1, 0.15) is 45.3 Å². The molecule has 1 aliphatic heterocycles. The molecule has 9 heteroatoms. The third-order valence-electron chi connectivity index (χ3n) is 5.28. The molecule has 30 heavy (non-hydrogen) atoms. The van der Waals surface area contributed by atoms with E-state index in [9.17, 15) is 14.0 Å². The highest BCUT2D eigenvalue weighted by Crippen LogP contribution is 2.29. The fourth-order valence-electron chi connectivity index (χ4n) is 3.70. The highest BCUT2D eigenvalue weighted by atomic mass is 19.1. The van der Waals surface area contributed by atoms with Crippen molar-refractivity contribution in [2.75, 3.05) is 27.2 Å². The van der Waals surface area contributed by atoms with E-state index >= 15 is 0 Å². The Balaban J connectivity index is 1.50. The summed E-state index contributed by atoms with van der Waals surface area (Å²) in [7, 11) is 3.39. The molecule has 1 N–H and O–H groups in total. The number of nitrogens with one attached hydrogen (secondary N) is 1. The summed E-state index contributed by atoms with van der Waals surface area (Å²) < 4.78 is 18.4. The predicted molar refractivity (Wildman–Crippen MR) is 106 cm³/mol. The van der Waals surface area contributed by atoms with Gasteiger partial charge in [-0.3, -0.25) is 14.7 Å². The second-order valence-electron chi connectivity index (χ2n) is 7.57. The maximum Gasteiger partial charge on any atom is 0.276 e. The lowest BCUT2D eigenvalue weighted by Gasteiger charge is -2.32. The Morgan fingerprint density at radius 3 is 2.77 bits per heavy atom. The van der Waals surface area contributed by atoms with Crippen molar-refractivity contribution < 1.29 is 18.5 Å². The van der Waals surface area contributed by atoms with Crippen LogP contribution in [0.15, 0.2) is 41.1 Å². The molecule has 1 unspecified atom stereocenters. The van der Waals surface area contributed by atoms with E-state index in [1.807, 2.05) is 0 Å². The van der Waals surface area contributed by atoms with Gasteiger partial charge in [0.25, 0.3) is 11.8 Å². The molecule has 4 rings (SSSR count). The summed E-state index contributed by atoms with van der Waals surface area (Å²) in [5, 5.41) is 10.9. The first-order valence-corrected chi connectivity index (χ1v) is 9.71. The monoisotopic (exact) mass is 411 g/mol. The van der Waals surface area contributed by atoms with Crippen molar-refractivity contribution in [2.24, 2.45) is 0 Å². The summed E-state index contributed by atoms with van der Waals surface area (Å²) in [5.41, 5.74) is 2.12. The minimum Gasteiger partial charge on any atom is -0.355 e. The van der Waals surface area contributed by atoms with E-state index in [1.165, 1.54) is 23.2 Å². The summed E-state index contributed by atoms with van der Waals surface area (Å²) in [6.07, 6.45) is 3.18. The molecule has 8 nitrogen and oxygen atoms in total. The van der Waals surface area contributed by atoms with Crippen LogP contribution < -0.4 is 0 Å². The molecule has 1 atom stereocenters. The van der Waals surface area contributed by atoms with Gasteiger partial charge in [0, 0.05) is 44.7 Å². The number of benzene rings is 1. The number of amides is 2. The normalized spacial score (nSPS) is 16.5. The molecule has 1 aromatic carbocycles. The zero-order valence-corrected chi connectivity index (χ0v) is 16.8. The second-order valence-corrected chi connectivity index (χ2v) is 7.57. The van der Waals surface area contributed by atoms with Gasteiger partial charge in [-0.25, -0.2) is 4.39 Å². The number of carbonyl (C=O) groups is 2. The van der Waals surface area contributed by atoms with Gasteiger partial charge in [0.1, 0.15) is 5.82 Å². The van der Waals surface area contributed by atoms with E-state index < -0.39 is 0 Å². The first-order chi connectivity index (χ1) is 14.4. The van der Waals surface area contributed by atoms with Crippen molar-refractivity contribution in [1.29, 1.82) is 0 Å². The Bertz CT molecular complexity index is 1060. The third-order valence-corrected chi connectivity index (χ3v) is 5.28. The van der Waals surface area contributed by atoms with Crippen LogP contribution in [0.3, 0.4) is 0 Å². The Morgan fingerprint density at radius 1 is 1.27 bits per heavy atom. The van der Waals surface area contributed by atoms with Gasteiger partial charge in [-0.2, -0.15) is 5.10 Å². The predicted octanol–water partition coefficient (Wildman–Crippen LogP) is 2.93. The first-order valence-electron chi connectivity index (χ1n) is 9.71. The quantitative estimate of drug-likeness (QED) is 0.712. The second kappa shape index (κ2) is 8.10. The van der Waals surface area contributed by atoms with Gasteiger partial charge in [0.2, 0.25) is 0 Å². The highest BCUT2D eigenvalue weighted by molar-refractivity contribution is 5.95. The van der Waals surface area contributed by atoms with E-state index in [1.54, 1.807) is 37.2 Å². The Labute approximate surface area is 172 Å². The molecule has 0 bridgehead atoms. The molecule has 156 valence electrons. The number of aromatic amines is 1. The summed E-state index contributed by atoms with van der Waals surface area (Å²) >= 11 is 0. The zero-order chi connectivity index (χ0) is 21.3. The third kappa shape index (κ3) is 3.83. The first kappa shape index (κ1) is 19.8. The maximum atomic E-state index is 13.1. The Morgan fingerprint density at radius 2 is 2.03 bits per heavy atom. The molecule has 0 radical (unpaired) electrons. The number of likely N-dealkylation sites (tertiary alicyclic amines) is 1. The number of aromatic nitrogens is 3. The van der Waals surface area contributed by atoms with Crippen molar-refractivity contribution in [3.63, 3.8) is 0 Å². The zero-order valence-electron chi connectivity index (χ0n) is 16.8. The van der Waals surface area contributed by atoms with Crippen molar-refractivity contribution in [2.45, 2.75) is 18.8 Å². The summed E-state index contributed by atoms with van der Waals surface area (Å²) in [4.78, 5) is 28.6. The van der Waals surface area contributed by atoms with E-state index in [2.05, 4.69) is 15.4 Å². The molecule has 1 saturated heterocycles. The SMILES string of the molecule is CN(C)C(=O)c1cn[nH]c1C1CCCN(C(=O)c2cc(-c3ccc(F)cc3)on2)C1. The lowest BCUT2D eigenvalue weighted by atomic mass is 9.92. The minimum atomic E-state index is -0.347. The number of halogens is 1. The number of piperidine rings is 1. The van der Waals surface area contributed by atoms with E-state index in [0.29, 0.717) is 30.0 Å². The average Bonchev–Trinajstić information content (AvgIpc) is 3.43. The van der Waals surface area contributed by atoms with Gasteiger partial charge in [0.05, 0.1) is 17.5 Å². The Kier molecular flexibility index (Phi) is 5.35. The lowest BCUT2D eigenvalue weighted by molar-refractivity contribution is 0.0695. The van der Waals surface area contributed by atoms with Crippen molar-refractivity contribution in [1.82, 2.24) is 25.2 Å². The maximum absolute atomic E-state index is 13.1. The van der Waals surface area contributed by atoms with Crippen LogP contribution in [-0.4, -0.2) is 64.2 Å². The molecular formula is C21H22FN5O3. The van der Waals surface area contributed by atoms with Crippen LogP contribution in [0.4, 0.5) is 4.39 Å². The number of rotatable bonds is 4. The standard InChI is InChI=1S/C21H22FN5O3/c1-26(2)20(28)16-11-23-24-19(16)14-4-3-9-27(12-14)21(29)17-10-18(30-25-17)13-5-7-15(22)8-6-13/h5-8,10-11,14H,3-4,9,12H2,1-2H3,(H,23,24). The molecule has 3 aromatic rings. The van der Waals surface area contributed by atoms with Crippen molar-refractivity contribution >= 4 is 11.8 Å². The van der Waals surface area contributed by atoms with Crippen molar-refractivity contribution in [3.8, 4) is 11.3 Å². The number of hydrogen-bond donors (Lipinski definition) is 1. The Hall–Kier alpha value is -3.49. The van der Waals surface area contributed by atoms with Gasteiger partial charge in [-0.15, -0.1) is 0 Å². The van der Waals surface area contributed by atoms with Gasteiger partial charge < -0.3 is 14.3 Å². The molecule has 0 saturated carbocycles. The number of nitrogens with zero attached hydrogens (tertiary/aromatic N) is 4. The van der Waals surface area contributed by atoms with Crippen LogP contribution in [0.5, 0.6) is 0 Å². The van der Waals surface area contributed by atoms with Gasteiger partial charge in [-0.05, 0) is 37.1 Å². The fourth-order valence-corrected chi connectivity index (χ4v) is 3.70. The molecule has 3 heterocycles. The van der Waals surface area contributed by atoms with Crippen LogP contribution in [0.25, 0.3) is 11.3 Å². The molecule has 1 aliphatic rings. The van der Waals surface area contributed by atoms with Crippen molar-refractivity contribution in [3.05, 3.63) is 59.3 Å². The molecule has 2 amide bonds. The van der Waals surface area contributed by atoms with E-state index in [0.717, 1.165) is 18.5 Å². The topological polar surface area (TPSA) is 95.3 Å². The van der Waals surface area contributed by atoms with Crippen LogP contribution in [0.2, 0.25) is 0 Å². The van der Waals surface area contributed by atoms with Gasteiger partial charge in [-0.1, -0.05) is 5.16 Å².